The first kappa shape index (κ1) is 16.4. The average molecular weight is 330 g/mol. The van der Waals surface area contributed by atoms with E-state index in [2.05, 4.69) is 17.2 Å². The lowest BCUT2D eigenvalue weighted by Gasteiger charge is -2.12. The highest BCUT2D eigenvalue weighted by Crippen LogP contribution is 2.29. The Labute approximate surface area is 133 Å². The van der Waals surface area contributed by atoms with Crippen molar-refractivity contribution in [3.63, 3.8) is 0 Å². The van der Waals surface area contributed by atoms with Gasteiger partial charge in [-0.2, -0.15) is 0 Å². The fourth-order valence-electron chi connectivity index (χ4n) is 2.52. The highest BCUT2D eigenvalue weighted by molar-refractivity contribution is 7.18. The predicted octanol–water partition coefficient (Wildman–Crippen LogP) is 1.95. The van der Waals surface area contributed by atoms with Crippen LogP contribution in [0.2, 0.25) is 0 Å². The van der Waals surface area contributed by atoms with E-state index in [0.717, 1.165) is 42.8 Å². The molecule has 2 aromatic rings. The largest absolute Gasteiger partial charge is 0.380 e. The lowest BCUT2D eigenvalue weighted by Crippen LogP contribution is -2.26. The minimum absolute atomic E-state index is 0. The quantitative estimate of drug-likeness (QED) is 0.852. The molecule has 0 atom stereocenters. The highest BCUT2D eigenvalue weighted by atomic mass is 35.5. The number of thiophene rings is 1. The van der Waals surface area contributed by atoms with Crippen LogP contribution in [0.4, 0.5) is 0 Å². The van der Waals surface area contributed by atoms with Gasteiger partial charge in [-0.3, -0.25) is 9.36 Å². The van der Waals surface area contributed by atoms with Gasteiger partial charge in [-0.1, -0.05) is 6.92 Å². The third-order valence-corrected chi connectivity index (χ3v) is 4.66. The van der Waals surface area contributed by atoms with Crippen LogP contribution in [0, 0.1) is 0 Å². The molecule has 0 aromatic carbocycles. The maximum atomic E-state index is 12.6. The molecule has 1 aliphatic rings. The van der Waals surface area contributed by atoms with Crippen LogP contribution in [-0.4, -0.2) is 29.3 Å². The minimum atomic E-state index is 0. The van der Waals surface area contributed by atoms with Crippen LogP contribution in [0.15, 0.2) is 11.1 Å². The van der Waals surface area contributed by atoms with Crippen molar-refractivity contribution in [2.45, 2.75) is 32.9 Å². The van der Waals surface area contributed by atoms with Crippen molar-refractivity contribution in [1.82, 2.24) is 14.9 Å². The SMILES string of the molecule is CCCOCCn1cnc2sc3c(c2c1=O)CCNC3.Cl. The number of aromatic nitrogens is 2. The number of nitrogens with one attached hydrogen (secondary N) is 1. The van der Waals surface area contributed by atoms with E-state index < -0.39 is 0 Å². The Morgan fingerprint density at radius 3 is 3.14 bits per heavy atom. The Kier molecular flexibility index (Phi) is 5.75. The van der Waals surface area contributed by atoms with Crippen LogP contribution in [0.25, 0.3) is 10.2 Å². The topological polar surface area (TPSA) is 56.2 Å². The van der Waals surface area contributed by atoms with Crippen molar-refractivity contribution < 1.29 is 4.74 Å². The number of halogens is 1. The van der Waals surface area contributed by atoms with E-state index >= 15 is 0 Å². The zero-order valence-corrected chi connectivity index (χ0v) is 13.7. The van der Waals surface area contributed by atoms with Crippen molar-refractivity contribution in [2.24, 2.45) is 0 Å². The van der Waals surface area contributed by atoms with Gasteiger partial charge in [0.15, 0.2) is 0 Å². The summed E-state index contributed by atoms with van der Waals surface area (Å²) in [5, 5.41) is 4.16. The van der Waals surface area contributed by atoms with Crippen LogP contribution >= 0.6 is 23.7 Å². The Balaban J connectivity index is 0.00000161. The van der Waals surface area contributed by atoms with Gasteiger partial charge < -0.3 is 10.1 Å². The molecule has 3 heterocycles. The maximum absolute atomic E-state index is 12.6. The molecule has 1 aliphatic heterocycles. The number of hydrogen-bond donors (Lipinski definition) is 1. The molecule has 21 heavy (non-hydrogen) atoms. The second-order valence-electron chi connectivity index (χ2n) is 4.97. The van der Waals surface area contributed by atoms with Crippen molar-refractivity contribution in [2.75, 3.05) is 19.8 Å². The fraction of sp³-hybridized carbons (Fsp3) is 0.571. The summed E-state index contributed by atoms with van der Waals surface area (Å²) < 4.78 is 7.13. The van der Waals surface area contributed by atoms with Crippen molar-refractivity contribution in [1.29, 1.82) is 0 Å². The van der Waals surface area contributed by atoms with Gasteiger partial charge in [-0.05, 0) is 24.9 Å². The van der Waals surface area contributed by atoms with Crippen LogP contribution in [0.3, 0.4) is 0 Å². The first-order chi connectivity index (χ1) is 9.81. The molecular weight excluding hydrogens is 310 g/mol. The summed E-state index contributed by atoms with van der Waals surface area (Å²) in [6.07, 6.45) is 3.56. The van der Waals surface area contributed by atoms with Crippen LogP contribution in [-0.2, 0) is 24.2 Å². The second kappa shape index (κ2) is 7.35. The van der Waals surface area contributed by atoms with Gasteiger partial charge in [0, 0.05) is 18.0 Å². The van der Waals surface area contributed by atoms with Crippen molar-refractivity contribution in [3.8, 4) is 0 Å². The van der Waals surface area contributed by atoms with E-state index in [9.17, 15) is 4.79 Å². The van der Waals surface area contributed by atoms with Crippen molar-refractivity contribution >= 4 is 34.0 Å². The second-order valence-corrected chi connectivity index (χ2v) is 6.05. The third-order valence-electron chi connectivity index (χ3n) is 3.52. The molecule has 3 rings (SSSR count). The molecular formula is C14H20ClN3O2S. The van der Waals surface area contributed by atoms with Crippen LogP contribution in [0.5, 0.6) is 0 Å². The summed E-state index contributed by atoms with van der Waals surface area (Å²) in [6.45, 7) is 5.75. The molecule has 0 bridgehead atoms. The molecule has 2 aromatic heterocycles. The van der Waals surface area contributed by atoms with E-state index in [1.807, 2.05) is 0 Å². The average Bonchev–Trinajstić information content (AvgIpc) is 2.85. The molecule has 0 amide bonds. The minimum Gasteiger partial charge on any atom is -0.380 e. The molecule has 7 heteroatoms. The summed E-state index contributed by atoms with van der Waals surface area (Å²) in [5.41, 5.74) is 1.28. The van der Waals surface area contributed by atoms with Crippen LogP contribution in [0.1, 0.15) is 23.8 Å². The molecule has 0 spiro atoms. The number of rotatable bonds is 5. The number of hydrogen-bond acceptors (Lipinski definition) is 5. The van der Waals surface area contributed by atoms with Gasteiger partial charge in [0.1, 0.15) is 4.83 Å². The Morgan fingerprint density at radius 2 is 2.33 bits per heavy atom. The zero-order valence-electron chi connectivity index (χ0n) is 12.1. The third kappa shape index (κ3) is 3.29. The summed E-state index contributed by atoms with van der Waals surface area (Å²) in [6, 6.07) is 0. The fourth-order valence-corrected chi connectivity index (χ4v) is 3.67. The van der Waals surface area contributed by atoms with Gasteiger partial charge in [0.05, 0.1) is 24.9 Å². The monoisotopic (exact) mass is 329 g/mol. The van der Waals surface area contributed by atoms with Crippen LogP contribution < -0.4 is 10.9 Å². The Bertz CT molecular complexity index is 668. The summed E-state index contributed by atoms with van der Waals surface area (Å²) in [7, 11) is 0. The molecule has 116 valence electrons. The zero-order chi connectivity index (χ0) is 13.9. The normalized spacial score (nSPS) is 14.0. The first-order valence-electron chi connectivity index (χ1n) is 7.09. The lowest BCUT2D eigenvalue weighted by molar-refractivity contribution is 0.126. The van der Waals surface area contributed by atoms with E-state index in [1.165, 1.54) is 10.4 Å². The first-order valence-corrected chi connectivity index (χ1v) is 7.91. The van der Waals surface area contributed by atoms with Gasteiger partial charge in [0.25, 0.3) is 5.56 Å². The molecule has 0 saturated heterocycles. The maximum Gasteiger partial charge on any atom is 0.262 e. The van der Waals surface area contributed by atoms with Gasteiger partial charge >= 0.3 is 0 Å². The van der Waals surface area contributed by atoms with E-state index in [0.29, 0.717) is 13.2 Å². The molecule has 0 unspecified atom stereocenters. The summed E-state index contributed by atoms with van der Waals surface area (Å²) in [5.74, 6) is 0. The molecule has 0 aliphatic carbocycles. The molecule has 1 N–H and O–H groups in total. The Hall–Kier alpha value is -0.950. The van der Waals surface area contributed by atoms with Gasteiger partial charge in [-0.15, -0.1) is 23.7 Å². The lowest BCUT2D eigenvalue weighted by atomic mass is 10.1. The summed E-state index contributed by atoms with van der Waals surface area (Å²) in [4.78, 5) is 19.2. The van der Waals surface area contributed by atoms with Crippen molar-refractivity contribution in [3.05, 3.63) is 27.1 Å². The van der Waals surface area contributed by atoms with E-state index in [-0.39, 0.29) is 18.0 Å². The molecule has 0 fully saturated rings. The highest BCUT2D eigenvalue weighted by Gasteiger charge is 2.19. The van der Waals surface area contributed by atoms with Gasteiger partial charge in [-0.25, -0.2) is 4.98 Å². The number of ether oxygens (including phenoxy) is 1. The Morgan fingerprint density at radius 1 is 1.48 bits per heavy atom. The standard InChI is InChI=1S/C14H19N3O2S.ClH/c1-2-6-19-7-5-17-9-16-13-12(14(17)18)10-3-4-15-8-11(10)20-13;/h9,15H,2-8H2,1H3;1H. The van der Waals surface area contributed by atoms with E-state index in [4.69, 9.17) is 4.74 Å². The predicted molar refractivity (Wildman–Crippen MR) is 87.6 cm³/mol. The van der Waals surface area contributed by atoms with E-state index in [1.54, 1.807) is 22.2 Å². The van der Waals surface area contributed by atoms with Gasteiger partial charge in [0.2, 0.25) is 0 Å². The number of fused-ring (bicyclic) bond motifs is 3. The summed E-state index contributed by atoms with van der Waals surface area (Å²) >= 11 is 1.64. The molecule has 5 nitrogen and oxygen atoms in total. The molecule has 0 radical (unpaired) electrons. The smallest absolute Gasteiger partial charge is 0.262 e. The number of nitrogens with zero attached hydrogens (tertiary/aromatic N) is 2. The molecule has 0 saturated carbocycles.